The van der Waals surface area contributed by atoms with Crippen molar-refractivity contribution in [1.29, 1.82) is 0 Å². The molecule has 2 aromatic carbocycles. The Morgan fingerprint density at radius 3 is 2.68 bits per heavy atom. The molecule has 0 bridgehead atoms. The van der Waals surface area contributed by atoms with Crippen LogP contribution in [-0.4, -0.2) is 10.8 Å². The number of anilines is 1. The number of rotatable bonds is 1. The number of nitro benzene ring substituents is 1. The largest absolute Gasteiger partial charge is 0.454 e. The van der Waals surface area contributed by atoms with Crippen molar-refractivity contribution in [2.75, 3.05) is 5.32 Å². The number of ether oxygens (including phenoxy) is 1. The molecule has 1 aliphatic rings. The summed E-state index contributed by atoms with van der Waals surface area (Å²) in [4.78, 5) is 22.2. The van der Waals surface area contributed by atoms with Crippen molar-refractivity contribution in [3.8, 4) is 11.5 Å². The number of amides is 1. The van der Waals surface area contributed by atoms with Crippen LogP contribution in [0.25, 0.3) is 0 Å². The van der Waals surface area contributed by atoms with Gasteiger partial charge >= 0.3 is 0 Å². The lowest BCUT2D eigenvalue weighted by molar-refractivity contribution is -0.384. The third-order valence-electron chi connectivity index (χ3n) is 2.78. The van der Waals surface area contributed by atoms with Crippen LogP contribution in [0.4, 0.5) is 11.4 Å². The lowest BCUT2D eigenvalue weighted by Crippen LogP contribution is -2.10. The van der Waals surface area contributed by atoms with E-state index in [-0.39, 0.29) is 17.3 Å². The van der Waals surface area contributed by atoms with Gasteiger partial charge in [0.2, 0.25) is 0 Å². The zero-order valence-corrected chi connectivity index (χ0v) is 9.62. The lowest BCUT2D eigenvalue weighted by atomic mass is 10.2. The number of nitro groups is 1. The maximum absolute atomic E-state index is 12.0. The fraction of sp³-hybridized carbons (Fsp3) is 0. The Kier molecular flexibility index (Phi) is 2.42. The van der Waals surface area contributed by atoms with Crippen LogP contribution in [0.2, 0.25) is 0 Å². The zero-order valence-electron chi connectivity index (χ0n) is 9.62. The molecule has 0 aliphatic carbocycles. The quantitative estimate of drug-likeness (QED) is 0.628. The number of fused-ring (bicyclic) bond motifs is 2. The standard InChI is InChI=1S/C13H8N2O4/c16-13-9-3-1-2-4-11(9)19-12-7-8(15(17)18)5-6-10(12)14-13/h1-7H,(H,14,16). The summed E-state index contributed by atoms with van der Waals surface area (Å²) < 4.78 is 5.58. The maximum atomic E-state index is 12.0. The Morgan fingerprint density at radius 2 is 1.89 bits per heavy atom. The number of carbonyl (C=O) groups excluding carboxylic acids is 1. The first-order valence-corrected chi connectivity index (χ1v) is 5.52. The highest BCUT2D eigenvalue weighted by Gasteiger charge is 2.22. The van der Waals surface area contributed by atoms with Crippen LogP contribution in [0.3, 0.4) is 0 Å². The van der Waals surface area contributed by atoms with Gasteiger partial charge in [0.1, 0.15) is 5.75 Å². The van der Waals surface area contributed by atoms with Gasteiger partial charge in [0, 0.05) is 6.07 Å². The molecule has 0 unspecified atom stereocenters. The van der Waals surface area contributed by atoms with Crippen molar-refractivity contribution in [3.05, 3.63) is 58.1 Å². The highest BCUT2D eigenvalue weighted by atomic mass is 16.6. The van der Waals surface area contributed by atoms with Crippen molar-refractivity contribution >= 4 is 17.3 Å². The van der Waals surface area contributed by atoms with Crippen LogP contribution >= 0.6 is 0 Å². The third-order valence-corrected chi connectivity index (χ3v) is 2.78. The van der Waals surface area contributed by atoms with Crippen LogP contribution in [-0.2, 0) is 0 Å². The Balaban J connectivity index is 2.14. The van der Waals surface area contributed by atoms with E-state index in [0.717, 1.165) is 0 Å². The van der Waals surface area contributed by atoms with Gasteiger partial charge in [0.25, 0.3) is 11.6 Å². The number of carbonyl (C=O) groups is 1. The summed E-state index contributed by atoms with van der Waals surface area (Å²) in [5.41, 5.74) is 0.709. The van der Waals surface area contributed by atoms with Gasteiger partial charge in [-0.2, -0.15) is 0 Å². The summed E-state index contributed by atoms with van der Waals surface area (Å²) in [6, 6.07) is 10.8. The van der Waals surface area contributed by atoms with Gasteiger partial charge in [-0.1, -0.05) is 12.1 Å². The van der Waals surface area contributed by atoms with Crippen LogP contribution in [0.15, 0.2) is 42.5 Å². The molecule has 0 spiro atoms. The molecule has 0 atom stereocenters. The maximum Gasteiger partial charge on any atom is 0.273 e. The van der Waals surface area contributed by atoms with Crippen molar-refractivity contribution in [2.24, 2.45) is 0 Å². The fourth-order valence-electron chi connectivity index (χ4n) is 1.86. The monoisotopic (exact) mass is 256 g/mol. The van der Waals surface area contributed by atoms with E-state index < -0.39 is 4.92 Å². The van der Waals surface area contributed by atoms with E-state index >= 15 is 0 Å². The summed E-state index contributed by atoms with van der Waals surface area (Å²) >= 11 is 0. The molecule has 1 amide bonds. The Hall–Kier alpha value is -2.89. The molecule has 94 valence electrons. The number of para-hydroxylation sites is 1. The van der Waals surface area contributed by atoms with Gasteiger partial charge in [0.15, 0.2) is 5.75 Å². The van der Waals surface area contributed by atoms with Crippen molar-refractivity contribution in [3.63, 3.8) is 0 Å². The molecule has 6 nitrogen and oxygen atoms in total. The minimum atomic E-state index is -0.512. The summed E-state index contributed by atoms with van der Waals surface area (Å²) in [6.45, 7) is 0. The van der Waals surface area contributed by atoms with E-state index in [1.165, 1.54) is 18.2 Å². The highest BCUT2D eigenvalue weighted by Crippen LogP contribution is 2.37. The third kappa shape index (κ3) is 1.89. The molecule has 0 radical (unpaired) electrons. The van der Waals surface area contributed by atoms with Crippen LogP contribution in [0, 0.1) is 10.1 Å². The second kappa shape index (κ2) is 4.09. The molecule has 0 aromatic heterocycles. The molecule has 3 rings (SSSR count). The number of nitrogens with one attached hydrogen (secondary N) is 1. The number of hydrogen-bond acceptors (Lipinski definition) is 4. The molecule has 1 heterocycles. The Morgan fingerprint density at radius 1 is 1.11 bits per heavy atom. The van der Waals surface area contributed by atoms with Crippen LogP contribution in [0.5, 0.6) is 11.5 Å². The summed E-state index contributed by atoms with van der Waals surface area (Å²) in [5.74, 6) is 0.329. The van der Waals surface area contributed by atoms with Gasteiger partial charge < -0.3 is 10.1 Å². The molecule has 1 aliphatic heterocycles. The molecule has 19 heavy (non-hydrogen) atoms. The van der Waals surface area contributed by atoms with Crippen molar-refractivity contribution in [2.45, 2.75) is 0 Å². The smallest absolute Gasteiger partial charge is 0.273 e. The van der Waals surface area contributed by atoms with Crippen molar-refractivity contribution < 1.29 is 14.5 Å². The molecular weight excluding hydrogens is 248 g/mol. The first-order chi connectivity index (χ1) is 9.15. The number of hydrogen-bond donors (Lipinski definition) is 1. The topological polar surface area (TPSA) is 81.5 Å². The van der Waals surface area contributed by atoms with Gasteiger partial charge in [-0.25, -0.2) is 0 Å². The molecule has 0 saturated heterocycles. The van der Waals surface area contributed by atoms with E-state index in [0.29, 0.717) is 17.0 Å². The average molecular weight is 256 g/mol. The predicted octanol–water partition coefficient (Wildman–Crippen LogP) is 2.95. The zero-order chi connectivity index (χ0) is 13.4. The second-order valence-corrected chi connectivity index (χ2v) is 3.99. The van der Waals surface area contributed by atoms with Crippen molar-refractivity contribution in [1.82, 2.24) is 0 Å². The van der Waals surface area contributed by atoms with Gasteiger partial charge in [-0.05, 0) is 18.2 Å². The Bertz CT molecular complexity index is 697. The van der Waals surface area contributed by atoms with Gasteiger partial charge in [-0.15, -0.1) is 0 Å². The van der Waals surface area contributed by atoms with E-state index in [4.69, 9.17) is 4.74 Å². The molecule has 2 aromatic rings. The van der Waals surface area contributed by atoms with E-state index in [2.05, 4.69) is 5.32 Å². The van der Waals surface area contributed by atoms with E-state index in [1.807, 2.05) is 0 Å². The van der Waals surface area contributed by atoms with Gasteiger partial charge in [-0.3, -0.25) is 14.9 Å². The summed E-state index contributed by atoms with van der Waals surface area (Å²) in [6.07, 6.45) is 0. The summed E-state index contributed by atoms with van der Waals surface area (Å²) in [7, 11) is 0. The first-order valence-electron chi connectivity index (χ1n) is 5.52. The lowest BCUT2D eigenvalue weighted by Gasteiger charge is -2.06. The number of nitrogens with zero attached hydrogens (tertiary/aromatic N) is 1. The van der Waals surface area contributed by atoms with Crippen LogP contribution < -0.4 is 10.1 Å². The molecule has 1 N–H and O–H groups in total. The second-order valence-electron chi connectivity index (χ2n) is 3.99. The fourth-order valence-corrected chi connectivity index (χ4v) is 1.86. The minimum Gasteiger partial charge on any atom is -0.454 e. The number of benzene rings is 2. The Labute approximate surface area is 107 Å². The molecular formula is C13H8N2O4. The average Bonchev–Trinajstić information content (AvgIpc) is 2.54. The molecule has 0 fully saturated rings. The number of non-ortho nitro benzene ring substituents is 1. The predicted molar refractivity (Wildman–Crippen MR) is 67.6 cm³/mol. The molecule has 0 saturated carbocycles. The molecule has 6 heteroatoms. The highest BCUT2D eigenvalue weighted by molar-refractivity contribution is 6.08. The normalized spacial score (nSPS) is 12.5. The van der Waals surface area contributed by atoms with E-state index in [1.54, 1.807) is 24.3 Å². The SMILES string of the molecule is O=C1Nc2ccc([N+](=O)[O-])cc2Oc2ccccc21. The summed E-state index contributed by atoms with van der Waals surface area (Å²) in [5, 5.41) is 13.4. The van der Waals surface area contributed by atoms with E-state index in [9.17, 15) is 14.9 Å². The van der Waals surface area contributed by atoms with Crippen LogP contribution in [0.1, 0.15) is 10.4 Å². The minimum absolute atomic E-state index is 0.0904. The van der Waals surface area contributed by atoms with Gasteiger partial charge in [0.05, 0.1) is 22.2 Å². The first kappa shape index (κ1) is 11.2.